The average Bonchev–Trinajstić information content (AvgIpc) is 2.16. The van der Waals surface area contributed by atoms with Crippen LogP contribution in [0.25, 0.3) is 0 Å². The van der Waals surface area contributed by atoms with Crippen molar-refractivity contribution in [2.45, 2.75) is 6.42 Å². The fourth-order valence-electron chi connectivity index (χ4n) is 1.18. The minimum Gasteiger partial charge on any atom is -0.481 e. The van der Waals surface area contributed by atoms with Gasteiger partial charge in [-0.3, -0.25) is 14.9 Å². The fourth-order valence-corrected chi connectivity index (χ4v) is 1.46. The van der Waals surface area contributed by atoms with Gasteiger partial charge in [0, 0.05) is 12.1 Å². The molecule has 1 N–H and O–H groups in total. The maximum Gasteiger partial charge on any atom is 0.307 e. The van der Waals surface area contributed by atoms with E-state index >= 15 is 0 Å². The molecule has 82 valence electrons. The Kier molecular flexibility index (Phi) is 3.43. The molecule has 0 spiro atoms. The largest absolute Gasteiger partial charge is 0.481 e. The first kappa shape index (κ1) is 11.9. The van der Waals surface area contributed by atoms with Crippen molar-refractivity contribution in [3.8, 4) is 6.07 Å². The Bertz CT molecular complexity index is 507. The molecule has 0 heterocycles. The maximum atomic E-state index is 10.5. The molecular formula is C9H5ClN2O4. The molecule has 0 aromatic heterocycles. The number of hydrogen-bond donors (Lipinski definition) is 1. The van der Waals surface area contributed by atoms with Crippen LogP contribution in [0.3, 0.4) is 0 Å². The van der Waals surface area contributed by atoms with Crippen LogP contribution >= 0.6 is 11.6 Å². The number of carboxylic acid groups (broad SMARTS) is 1. The molecule has 1 aromatic carbocycles. The number of hydrogen-bond acceptors (Lipinski definition) is 4. The molecule has 0 aliphatic carbocycles. The molecule has 16 heavy (non-hydrogen) atoms. The number of aliphatic carboxylic acids is 1. The van der Waals surface area contributed by atoms with E-state index in [0.29, 0.717) is 0 Å². The van der Waals surface area contributed by atoms with Gasteiger partial charge in [-0.15, -0.1) is 0 Å². The van der Waals surface area contributed by atoms with Crippen LogP contribution in [0.15, 0.2) is 12.1 Å². The van der Waals surface area contributed by atoms with E-state index in [1.165, 1.54) is 0 Å². The molecule has 0 amide bonds. The predicted octanol–water partition coefficient (Wildman–Crippen LogP) is 1.75. The standard InChI is InChI=1S/C9H5ClN2O4/c10-8-3-6(12(15)16)1-5(2-9(13)14)7(8)4-11/h1,3H,2H2,(H,13,14). The van der Waals surface area contributed by atoms with E-state index < -0.39 is 17.3 Å². The second kappa shape index (κ2) is 4.59. The zero-order chi connectivity index (χ0) is 12.3. The summed E-state index contributed by atoms with van der Waals surface area (Å²) < 4.78 is 0. The van der Waals surface area contributed by atoms with Crippen molar-refractivity contribution in [1.82, 2.24) is 0 Å². The number of carboxylic acids is 1. The van der Waals surface area contributed by atoms with Gasteiger partial charge < -0.3 is 5.11 Å². The van der Waals surface area contributed by atoms with E-state index in [4.69, 9.17) is 22.0 Å². The third-order valence-electron chi connectivity index (χ3n) is 1.82. The Hall–Kier alpha value is -2.13. The lowest BCUT2D eigenvalue weighted by molar-refractivity contribution is -0.384. The van der Waals surface area contributed by atoms with Crippen molar-refractivity contribution < 1.29 is 14.8 Å². The SMILES string of the molecule is N#Cc1c(Cl)cc([N+](=O)[O-])cc1CC(=O)O. The number of rotatable bonds is 3. The number of nitro groups is 1. The van der Waals surface area contributed by atoms with E-state index in [9.17, 15) is 14.9 Å². The van der Waals surface area contributed by atoms with Gasteiger partial charge in [-0.2, -0.15) is 5.26 Å². The molecule has 1 aromatic rings. The molecular weight excluding hydrogens is 236 g/mol. The average molecular weight is 241 g/mol. The first-order chi connectivity index (χ1) is 7.45. The van der Waals surface area contributed by atoms with Crippen molar-refractivity contribution in [2.75, 3.05) is 0 Å². The first-order valence-corrected chi connectivity index (χ1v) is 4.42. The van der Waals surface area contributed by atoms with Crippen LogP contribution in [0, 0.1) is 21.4 Å². The molecule has 0 aliphatic heterocycles. The van der Waals surface area contributed by atoms with Gasteiger partial charge in [0.2, 0.25) is 0 Å². The van der Waals surface area contributed by atoms with Crippen LogP contribution < -0.4 is 0 Å². The highest BCUT2D eigenvalue weighted by atomic mass is 35.5. The zero-order valence-corrected chi connectivity index (χ0v) is 8.56. The Morgan fingerprint density at radius 3 is 2.69 bits per heavy atom. The number of nitrogens with zero attached hydrogens (tertiary/aromatic N) is 2. The summed E-state index contributed by atoms with van der Waals surface area (Å²) >= 11 is 5.64. The van der Waals surface area contributed by atoms with E-state index in [1.54, 1.807) is 6.07 Å². The van der Waals surface area contributed by atoms with E-state index in [2.05, 4.69) is 0 Å². The lowest BCUT2D eigenvalue weighted by Crippen LogP contribution is -2.03. The number of carbonyl (C=O) groups is 1. The summed E-state index contributed by atoms with van der Waals surface area (Å²) in [6, 6.07) is 3.78. The van der Waals surface area contributed by atoms with Gasteiger partial charge in [-0.05, 0) is 5.56 Å². The lowest BCUT2D eigenvalue weighted by Gasteiger charge is -2.02. The minimum atomic E-state index is -1.19. The molecule has 6 nitrogen and oxygen atoms in total. The molecule has 0 fully saturated rings. The van der Waals surface area contributed by atoms with Crippen LogP contribution in [0.5, 0.6) is 0 Å². The van der Waals surface area contributed by atoms with Gasteiger partial charge in [0.05, 0.1) is 21.9 Å². The normalized spacial score (nSPS) is 9.50. The summed E-state index contributed by atoms with van der Waals surface area (Å²) in [5.74, 6) is -1.19. The second-order valence-corrected chi connectivity index (χ2v) is 3.31. The maximum absolute atomic E-state index is 10.5. The quantitative estimate of drug-likeness (QED) is 0.640. The highest BCUT2D eigenvalue weighted by Gasteiger charge is 2.17. The summed E-state index contributed by atoms with van der Waals surface area (Å²) in [7, 11) is 0. The van der Waals surface area contributed by atoms with Gasteiger partial charge in [-0.1, -0.05) is 11.6 Å². The topological polar surface area (TPSA) is 104 Å². The van der Waals surface area contributed by atoms with Crippen LogP contribution in [0.4, 0.5) is 5.69 Å². The van der Waals surface area contributed by atoms with Crippen LogP contribution in [-0.2, 0) is 11.2 Å². The number of halogens is 1. The zero-order valence-electron chi connectivity index (χ0n) is 7.81. The van der Waals surface area contributed by atoms with E-state index in [1.807, 2.05) is 0 Å². The molecule has 0 saturated heterocycles. The highest BCUT2D eigenvalue weighted by Crippen LogP contribution is 2.26. The summed E-state index contributed by atoms with van der Waals surface area (Å²) in [6.07, 6.45) is -0.482. The Morgan fingerprint density at radius 1 is 1.62 bits per heavy atom. The minimum absolute atomic E-state index is 0.0363. The van der Waals surface area contributed by atoms with Crippen molar-refractivity contribution in [1.29, 1.82) is 5.26 Å². The third kappa shape index (κ3) is 2.46. The van der Waals surface area contributed by atoms with Gasteiger partial charge in [-0.25, -0.2) is 0 Å². The predicted molar refractivity (Wildman–Crippen MR) is 54.2 cm³/mol. The Balaban J connectivity index is 3.37. The third-order valence-corrected chi connectivity index (χ3v) is 2.12. The van der Waals surface area contributed by atoms with Crippen LogP contribution in [-0.4, -0.2) is 16.0 Å². The summed E-state index contributed by atoms with van der Waals surface area (Å²) in [4.78, 5) is 20.3. The smallest absolute Gasteiger partial charge is 0.307 e. The van der Waals surface area contributed by atoms with Gasteiger partial charge >= 0.3 is 5.97 Å². The van der Waals surface area contributed by atoms with Gasteiger partial charge in [0.25, 0.3) is 5.69 Å². The summed E-state index contributed by atoms with van der Waals surface area (Å²) in [5.41, 5.74) is -0.343. The molecule has 7 heteroatoms. The number of nitriles is 1. The van der Waals surface area contributed by atoms with Crippen molar-refractivity contribution in [3.63, 3.8) is 0 Å². The molecule has 0 aliphatic rings. The van der Waals surface area contributed by atoms with Crippen molar-refractivity contribution in [2.24, 2.45) is 0 Å². The highest BCUT2D eigenvalue weighted by molar-refractivity contribution is 6.32. The summed E-state index contributed by atoms with van der Waals surface area (Å²) in [6.45, 7) is 0. The molecule has 0 atom stereocenters. The Labute approximate surface area is 94.8 Å². The summed E-state index contributed by atoms with van der Waals surface area (Å²) in [5, 5.41) is 27.7. The monoisotopic (exact) mass is 240 g/mol. The molecule has 0 unspecified atom stereocenters. The number of nitro benzene ring substituents is 1. The molecule has 0 radical (unpaired) electrons. The first-order valence-electron chi connectivity index (χ1n) is 4.04. The Morgan fingerprint density at radius 2 is 2.25 bits per heavy atom. The van der Waals surface area contributed by atoms with Crippen LogP contribution in [0.1, 0.15) is 11.1 Å². The van der Waals surface area contributed by atoms with Crippen LogP contribution in [0.2, 0.25) is 5.02 Å². The van der Waals surface area contributed by atoms with Crippen molar-refractivity contribution in [3.05, 3.63) is 38.4 Å². The second-order valence-electron chi connectivity index (χ2n) is 2.90. The molecule has 0 bridgehead atoms. The van der Waals surface area contributed by atoms with E-state index in [-0.39, 0.29) is 21.8 Å². The molecule has 1 rings (SSSR count). The molecule has 0 saturated carbocycles. The van der Waals surface area contributed by atoms with Gasteiger partial charge in [0.15, 0.2) is 0 Å². The lowest BCUT2D eigenvalue weighted by atomic mass is 10.0. The number of benzene rings is 1. The fraction of sp³-hybridized carbons (Fsp3) is 0.111. The van der Waals surface area contributed by atoms with Crippen molar-refractivity contribution >= 4 is 23.3 Å². The number of non-ortho nitro benzene ring substituents is 1. The van der Waals surface area contributed by atoms with E-state index in [0.717, 1.165) is 12.1 Å². The van der Waals surface area contributed by atoms with Gasteiger partial charge in [0.1, 0.15) is 6.07 Å².